The van der Waals surface area contributed by atoms with Gasteiger partial charge in [0.25, 0.3) is 5.91 Å². The van der Waals surface area contributed by atoms with Gasteiger partial charge in [-0.05, 0) is 42.2 Å². The maximum atomic E-state index is 12.7. The molecule has 1 aliphatic carbocycles. The van der Waals surface area contributed by atoms with E-state index in [-0.39, 0.29) is 5.91 Å². The monoisotopic (exact) mass is 300 g/mol. The van der Waals surface area contributed by atoms with E-state index >= 15 is 0 Å². The van der Waals surface area contributed by atoms with Gasteiger partial charge >= 0.3 is 0 Å². The van der Waals surface area contributed by atoms with Crippen LogP contribution in [-0.2, 0) is 12.4 Å². The summed E-state index contributed by atoms with van der Waals surface area (Å²) in [6.45, 7) is 0.620. The molecule has 1 amide bonds. The number of carbonyl (C=O) groups is 1. The van der Waals surface area contributed by atoms with Crippen molar-refractivity contribution >= 4 is 17.5 Å². The van der Waals surface area contributed by atoms with Gasteiger partial charge in [0.2, 0.25) is 0 Å². The Balaban J connectivity index is 1.78. The third-order valence-corrected chi connectivity index (χ3v) is 3.99. The predicted octanol–water partition coefficient (Wildman–Crippen LogP) is 3.63. The summed E-state index contributed by atoms with van der Waals surface area (Å²) in [4.78, 5) is 18.8. The average molecular weight is 301 g/mol. The van der Waals surface area contributed by atoms with Gasteiger partial charge in [-0.15, -0.1) is 11.6 Å². The van der Waals surface area contributed by atoms with Gasteiger partial charge in [0, 0.05) is 36.4 Å². The molecule has 0 bridgehead atoms. The minimum atomic E-state index is 0.0856. The third-order valence-electron chi connectivity index (χ3n) is 3.68. The summed E-state index contributed by atoms with van der Waals surface area (Å²) in [6, 6.07) is 11.8. The van der Waals surface area contributed by atoms with Crippen LogP contribution in [0.5, 0.6) is 0 Å². The summed E-state index contributed by atoms with van der Waals surface area (Å²) < 4.78 is 0. The molecule has 3 rings (SSSR count). The zero-order valence-electron chi connectivity index (χ0n) is 11.7. The second-order valence-electron chi connectivity index (χ2n) is 5.36. The van der Waals surface area contributed by atoms with E-state index in [4.69, 9.17) is 11.6 Å². The summed E-state index contributed by atoms with van der Waals surface area (Å²) in [7, 11) is 0. The van der Waals surface area contributed by atoms with Crippen molar-refractivity contribution in [1.29, 1.82) is 0 Å². The predicted molar refractivity (Wildman–Crippen MR) is 83.1 cm³/mol. The van der Waals surface area contributed by atoms with E-state index in [1.807, 2.05) is 47.5 Å². The number of aromatic nitrogens is 1. The highest BCUT2D eigenvalue weighted by molar-refractivity contribution is 6.17. The van der Waals surface area contributed by atoms with Crippen LogP contribution in [0.1, 0.15) is 34.3 Å². The highest BCUT2D eigenvalue weighted by Crippen LogP contribution is 2.29. The topological polar surface area (TPSA) is 33.2 Å². The van der Waals surface area contributed by atoms with Crippen LogP contribution in [0.4, 0.5) is 0 Å². The molecule has 1 aliphatic rings. The standard InChI is InChI=1S/C17H17ClN2O/c18-10-13-3-5-15(6-4-13)17(21)20(16-7-8-16)12-14-2-1-9-19-11-14/h1-6,9,11,16H,7-8,10,12H2. The number of carbonyl (C=O) groups excluding carboxylic acids is 1. The molecule has 2 aromatic rings. The molecule has 3 nitrogen and oxygen atoms in total. The van der Waals surface area contributed by atoms with E-state index in [1.165, 1.54) is 0 Å². The molecule has 4 heteroatoms. The lowest BCUT2D eigenvalue weighted by Gasteiger charge is -2.22. The number of nitrogens with zero attached hydrogens (tertiary/aromatic N) is 2. The van der Waals surface area contributed by atoms with E-state index in [0.717, 1.165) is 29.5 Å². The number of hydrogen-bond donors (Lipinski definition) is 0. The Labute approximate surface area is 129 Å². The van der Waals surface area contributed by atoms with Gasteiger partial charge in [-0.25, -0.2) is 0 Å². The minimum Gasteiger partial charge on any atom is -0.331 e. The SMILES string of the molecule is O=C(c1ccc(CCl)cc1)N(Cc1cccnc1)C1CC1. The van der Waals surface area contributed by atoms with Crippen molar-refractivity contribution in [3.63, 3.8) is 0 Å². The first-order valence-corrected chi connectivity index (χ1v) is 7.66. The van der Waals surface area contributed by atoms with E-state index in [2.05, 4.69) is 4.98 Å². The van der Waals surface area contributed by atoms with Crippen LogP contribution < -0.4 is 0 Å². The number of rotatable bonds is 5. The first kappa shape index (κ1) is 14.1. The molecular formula is C17H17ClN2O. The number of halogens is 1. The zero-order chi connectivity index (χ0) is 14.7. The Morgan fingerprint density at radius 2 is 1.95 bits per heavy atom. The Morgan fingerprint density at radius 3 is 2.52 bits per heavy atom. The molecule has 21 heavy (non-hydrogen) atoms. The molecule has 1 aromatic carbocycles. The maximum Gasteiger partial charge on any atom is 0.254 e. The van der Waals surface area contributed by atoms with Gasteiger partial charge < -0.3 is 4.90 Å². The molecular weight excluding hydrogens is 284 g/mol. The van der Waals surface area contributed by atoms with Crippen LogP contribution in [0.2, 0.25) is 0 Å². The van der Waals surface area contributed by atoms with Crippen molar-refractivity contribution in [3.8, 4) is 0 Å². The fourth-order valence-corrected chi connectivity index (χ4v) is 2.52. The van der Waals surface area contributed by atoms with Crippen LogP contribution in [0.15, 0.2) is 48.8 Å². The van der Waals surface area contributed by atoms with Gasteiger partial charge in [-0.1, -0.05) is 18.2 Å². The fourth-order valence-electron chi connectivity index (χ4n) is 2.34. The fraction of sp³-hybridized carbons (Fsp3) is 0.294. The van der Waals surface area contributed by atoms with Crippen LogP contribution >= 0.6 is 11.6 Å². The first-order valence-electron chi connectivity index (χ1n) is 7.12. The second-order valence-corrected chi connectivity index (χ2v) is 5.62. The summed E-state index contributed by atoms with van der Waals surface area (Å²) in [5, 5.41) is 0. The smallest absolute Gasteiger partial charge is 0.254 e. The summed E-state index contributed by atoms with van der Waals surface area (Å²) in [6.07, 6.45) is 5.74. The maximum absolute atomic E-state index is 12.7. The lowest BCUT2D eigenvalue weighted by molar-refractivity contribution is 0.0730. The Bertz CT molecular complexity index is 608. The minimum absolute atomic E-state index is 0.0856. The largest absolute Gasteiger partial charge is 0.331 e. The highest BCUT2D eigenvalue weighted by atomic mass is 35.5. The van der Waals surface area contributed by atoms with Crippen molar-refractivity contribution in [1.82, 2.24) is 9.88 Å². The molecule has 108 valence electrons. The van der Waals surface area contributed by atoms with Crippen molar-refractivity contribution in [3.05, 3.63) is 65.5 Å². The molecule has 0 radical (unpaired) electrons. The van der Waals surface area contributed by atoms with Crippen LogP contribution in [0.3, 0.4) is 0 Å². The number of benzene rings is 1. The van der Waals surface area contributed by atoms with Crippen molar-refractivity contribution in [2.75, 3.05) is 0 Å². The Kier molecular flexibility index (Phi) is 4.20. The Morgan fingerprint density at radius 1 is 1.19 bits per heavy atom. The second kappa shape index (κ2) is 6.27. The quantitative estimate of drug-likeness (QED) is 0.790. The number of amides is 1. The Hall–Kier alpha value is -1.87. The van der Waals surface area contributed by atoms with E-state index < -0.39 is 0 Å². The number of pyridine rings is 1. The van der Waals surface area contributed by atoms with Gasteiger partial charge in [-0.3, -0.25) is 9.78 Å². The molecule has 0 unspecified atom stereocenters. The van der Waals surface area contributed by atoms with Gasteiger partial charge in [0.1, 0.15) is 0 Å². The molecule has 0 aliphatic heterocycles. The zero-order valence-corrected chi connectivity index (χ0v) is 12.5. The van der Waals surface area contributed by atoms with Crippen molar-refractivity contribution in [2.24, 2.45) is 0 Å². The van der Waals surface area contributed by atoms with Gasteiger partial charge in [0.05, 0.1) is 0 Å². The molecule has 0 N–H and O–H groups in total. The van der Waals surface area contributed by atoms with E-state index in [9.17, 15) is 4.79 Å². The first-order chi connectivity index (χ1) is 10.3. The molecule has 0 spiro atoms. The number of hydrogen-bond acceptors (Lipinski definition) is 2. The molecule has 1 aromatic heterocycles. The van der Waals surface area contributed by atoms with Crippen LogP contribution in [0, 0.1) is 0 Å². The third kappa shape index (κ3) is 3.42. The van der Waals surface area contributed by atoms with Gasteiger partial charge in [0.15, 0.2) is 0 Å². The van der Waals surface area contributed by atoms with Crippen molar-refractivity contribution < 1.29 is 4.79 Å². The average Bonchev–Trinajstić information content (AvgIpc) is 3.38. The summed E-state index contributed by atoms with van der Waals surface area (Å²) >= 11 is 5.79. The molecule has 0 atom stereocenters. The van der Waals surface area contributed by atoms with Crippen LogP contribution in [-0.4, -0.2) is 21.8 Å². The molecule has 1 heterocycles. The number of alkyl halides is 1. The lowest BCUT2D eigenvalue weighted by Crippen LogP contribution is -2.32. The van der Waals surface area contributed by atoms with Gasteiger partial charge in [-0.2, -0.15) is 0 Å². The lowest BCUT2D eigenvalue weighted by atomic mass is 10.1. The van der Waals surface area contributed by atoms with E-state index in [1.54, 1.807) is 6.20 Å². The molecule has 1 saturated carbocycles. The van der Waals surface area contributed by atoms with Crippen LogP contribution in [0.25, 0.3) is 0 Å². The molecule has 1 fully saturated rings. The molecule has 0 saturated heterocycles. The highest BCUT2D eigenvalue weighted by Gasteiger charge is 2.33. The van der Waals surface area contributed by atoms with Crippen molar-refractivity contribution in [2.45, 2.75) is 31.3 Å². The summed E-state index contributed by atoms with van der Waals surface area (Å²) in [5.74, 6) is 0.554. The summed E-state index contributed by atoms with van der Waals surface area (Å²) in [5.41, 5.74) is 2.81. The van der Waals surface area contributed by atoms with E-state index in [0.29, 0.717) is 18.5 Å². The normalized spacial score (nSPS) is 14.0.